The number of nitrogens with zero attached hydrogens (tertiary/aromatic N) is 2. The van der Waals surface area contributed by atoms with Gasteiger partial charge >= 0.3 is 0 Å². The molecule has 0 unspecified atom stereocenters. The maximum atomic E-state index is 5.63. The summed E-state index contributed by atoms with van der Waals surface area (Å²) < 4.78 is 0. The van der Waals surface area contributed by atoms with Crippen LogP contribution in [0.1, 0.15) is 22.4 Å². The quantitative estimate of drug-likeness (QED) is 0.168. The first-order valence-corrected chi connectivity index (χ1v) is 18.1. The second kappa shape index (κ2) is 13.3. The van der Waals surface area contributed by atoms with E-state index < -0.39 is 5.41 Å². The number of para-hydroxylation sites is 2. The lowest BCUT2D eigenvalue weighted by Crippen LogP contribution is -2.35. The standard InChI is InChI=1S/C48H34N2S/c1-5-17-35(18-6-1)37-33-44(36-19-7-2-8-20-36)49-47(34-37)48(42-25-13-15-27-45(42)51-46-28-16-14-26-43(46)48)38-29-31-41(32-30-38)50(39-21-9-3-10-22-39)40-23-11-4-12-24-40/h1-34H. The molecule has 51 heavy (non-hydrogen) atoms. The van der Waals surface area contributed by atoms with Gasteiger partial charge in [-0.3, -0.25) is 4.98 Å². The topological polar surface area (TPSA) is 16.1 Å². The predicted octanol–water partition coefficient (Wildman–Crippen LogP) is 12.7. The van der Waals surface area contributed by atoms with Crippen molar-refractivity contribution in [1.82, 2.24) is 4.98 Å². The van der Waals surface area contributed by atoms with Crippen molar-refractivity contribution >= 4 is 28.8 Å². The van der Waals surface area contributed by atoms with Crippen molar-refractivity contribution in [3.05, 3.63) is 229 Å². The Morgan fingerprint density at radius 1 is 0.392 bits per heavy atom. The van der Waals surface area contributed by atoms with Crippen molar-refractivity contribution in [2.45, 2.75) is 15.2 Å². The minimum Gasteiger partial charge on any atom is -0.311 e. The molecule has 0 amide bonds. The van der Waals surface area contributed by atoms with E-state index in [0.717, 1.165) is 45.1 Å². The van der Waals surface area contributed by atoms with Crippen LogP contribution in [0.15, 0.2) is 216 Å². The lowest BCUT2D eigenvalue weighted by atomic mass is 9.66. The van der Waals surface area contributed by atoms with E-state index in [0.29, 0.717) is 0 Å². The molecule has 1 aromatic heterocycles. The third-order valence-corrected chi connectivity index (χ3v) is 10.9. The molecule has 242 valence electrons. The van der Waals surface area contributed by atoms with Crippen LogP contribution in [0.3, 0.4) is 0 Å². The summed E-state index contributed by atoms with van der Waals surface area (Å²) in [5.41, 5.74) is 11.6. The number of rotatable bonds is 7. The van der Waals surface area contributed by atoms with E-state index in [1.807, 2.05) is 11.8 Å². The van der Waals surface area contributed by atoms with Crippen LogP contribution >= 0.6 is 11.8 Å². The lowest BCUT2D eigenvalue weighted by molar-refractivity contribution is 0.678. The molecule has 0 spiro atoms. The molecule has 9 rings (SSSR count). The van der Waals surface area contributed by atoms with E-state index >= 15 is 0 Å². The van der Waals surface area contributed by atoms with Gasteiger partial charge in [0.05, 0.1) is 16.8 Å². The van der Waals surface area contributed by atoms with Gasteiger partial charge in [-0.05, 0) is 88.5 Å². The molecule has 0 radical (unpaired) electrons. The Bertz CT molecular complexity index is 2280. The molecule has 7 aromatic carbocycles. The highest BCUT2D eigenvalue weighted by Gasteiger charge is 2.45. The molecule has 0 N–H and O–H groups in total. The summed E-state index contributed by atoms with van der Waals surface area (Å²) in [4.78, 5) is 10.4. The maximum absolute atomic E-state index is 5.63. The Morgan fingerprint density at radius 2 is 0.843 bits per heavy atom. The minimum atomic E-state index is -0.685. The van der Waals surface area contributed by atoms with Crippen molar-refractivity contribution in [2.75, 3.05) is 4.90 Å². The molecule has 0 saturated carbocycles. The minimum absolute atomic E-state index is 0.685. The van der Waals surface area contributed by atoms with Gasteiger partial charge in [0.15, 0.2) is 0 Å². The van der Waals surface area contributed by atoms with Crippen molar-refractivity contribution in [2.24, 2.45) is 0 Å². The van der Waals surface area contributed by atoms with Gasteiger partial charge in [0.2, 0.25) is 0 Å². The summed E-state index contributed by atoms with van der Waals surface area (Å²) >= 11 is 1.84. The second-order valence-corrected chi connectivity index (χ2v) is 13.8. The molecule has 2 nitrogen and oxygen atoms in total. The van der Waals surface area contributed by atoms with E-state index in [2.05, 4.69) is 211 Å². The average Bonchev–Trinajstić information content (AvgIpc) is 3.22. The molecule has 1 aliphatic rings. The first-order chi connectivity index (χ1) is 25.3. The molecule has 2 heterocycles. The number of hydrogen-bond acceptors (Lipinski definition) is 3. The van der Waals surface area contributed by atoms with Crippen molar-refractivity contribution in [3.63, 3.8) is 0 Å². The van der Waals surface area contributed by atoms with E-state index in [4.69, 9.17) is 4.98 Å². The number of hydrogen-bond donors (Lipinski definition) is 0. The van der Waals surface area contributed by atoms with Crippen molar-refractivity contribution < 1.29 is 0 Å². The molecule has 1 aliphatic heterocycles. The SMILES string of the molecule is c1ccc(-c2cc(-c3ccccc3)nc(C3(c4ccc(N(c5ccccc5)c5ccccc5)cc4)c4ccccc4Sc4ccccc43)c2)cc1. The van der Waals surface area contributed by atoms with Crippen LogP contribution in [0.2, 0.25) is 0 Å². The van der Waals surface area contributed by atoms with E-state index in [-0.39, 0.29) is 0 Å². The maximum Gasteiger partial charge on any atom is 0.0896 e. The van der Waals surface area contributed by atoms with Gasteiger partial charge in [0.1, 0.15) is 0 Å². The zero-order chi connectivity index (χ0) is 34.0. The summed E-state index contributed by atoms with van der Waals surface area (Å²) in [6.07, 6.45) is 0. The van der Waals surface area contributed by atoms with Crippen LogP contribution in [0, 0.1) is 0 Å². The zero-order valence-electron chi connectivity index (χ0n) is 27.9. The fourth-order valence-corrected chi connectivity index (χ4v) is 8.66. The largest absolute Gasteiger partial charge is 0.311 e. The molecule has 0 atom stereocenters. The summed E-state index contributed by atoms with van der Waals surface area (Å²) in [6.45, 7) is 0. The predicted molar refractivity (Wildman–Crippen MR) is 212 cm³/mol. The fraction of sp³-hybridized carbons (Fsp3) is 0.0208. The van der Waals surface area contributed by atoms with Crippen LogP contribution in [0.25, 0.3) is 22.4 Å². The van der Waals surface area contributed by atoms with E-state index in [9.17, 15) is 0 Å². The lowest BCUT2D eigenvalue weighted by Gasteiger charge is -2.41. The number of aromatic nitrogens is 1. The molecule has 0 saturated heterocycles. The summed E-state index contributed by atoms with van der Waals surface area (Å²) in [7, 11) is 0. The van der Waals surface area contributed by atoms with Crippen LogP contribution in [0.5, 0.6) is 0 Å². The highest BCUT2D eigenvalue weighted by Crippen LogP contribution is 2.56. The Labute approximate surface area is 303 Å². The first-order valence-electron chi connectivity index (χ1n) is 17.3. The average molecular weight is 671 g/mol. The molecule has 0 aliphatic carbocycles. The highest BCUT2D eigenvalue weighted by molar-refractivity contribution is 7.99. The van der Waals surface area contributed by atoms with E-state index in [1.165, 1.54) is 26.5 Å². The first kappa shape index (κ1) is 30.9. The van der Waals surface area contributed by atoms with Gasteiger partial charge in [0, 0.05) is 32.4 Å². The van der Waals surface area contributed by atoms with E-state index in [1.54, 1.807) is 0 Å². The monoisotopic (exact) mass is 670 g/mol. The summed E-state index contributed by atoms with van der Waals surface area (Å²) in [5, 5.41) is 0. The third-order valence-electron chi connectivity index (χ3n) is 9.78. The number of pyridine rings is 1. The molecule has 8 aromatic rings. The summed E-state index contributed by atoms with van der Waals surface area (Å²) in [5.74, 6) is 0. The van der Waals surface area contributed by atoms with Crippen LogP contribution < -0.4 is 4.90 Å². The van der Waals surface area contributed by atoms with Crippen molar-refractivity contribution in [3.8, 4) is 22.4 Å². The number of anilines is 3. The number of fused-ring (bicyclic) bond motifs is 2. The van der Waals surface area contributed by atoms with Gasteiger partial charge in [-0.1, -0.05) is 157 Å². The van der Waals surface area contributed by atoms with Gasteiger partial charge in [-0.15, -0.1) is 0 Å². The van der Waals surface area contributed by atoms with Crippen LogP contribution in [0.4, 0.5) is 17.1 Å². The second-order valence-electron chi connectivity index (χ2n) is 12.8. The summed E-state index contributed by atoms with van der Waals surface area (Å²) in [6, 6.07) is 73.9. The number of benzene rings is 7. The van der Waals surface area contributed by atoms with Crippen LogP contribution in [-0.2, 0) is 5.41 Å². The molecule has 3 heteroatoms. The van der Waals surface area contributed by atoms with Gasteiger partial charge in [-0.25, -0.2) is 0 Å². The molecule has 0 bridgehead atoms. The van der Waals surface area contributed by atoms with Gasteiger partial charge < -0.3 is 4.90 Å². The van der Waals surface area contributed by atoms with Gasteiger partial charge in [0.25, 0.3) is 0 Å². The zero-order valence-corrected chi connectivity index (χ0v) is 28.7. The Kier molecular flexibility index (Phi) is 8.04. The van der Waals surface area contributed by atoms with Crippen LogP contribution in [-0.4, -0.2) is 4.98 Å². The third kappa shape index (κ3) is 5.53. The molecular weight excluding hydrogens is 637 g/mol. The Hall–Kier alpha value is -6.16. The normalized spacial score (nSPS) is 12.8. The molecular formula is C48H34N2S. The molecule has 0 fully saturated rings. The highest BCUT2D eigenvalue weighted by atomic mass is 32.2. The fourth-order valence-electron chi connectivity index (χ4n) is 7.47. The van der Waals surface area contributed by atoms with Crippen molar-refractivity contribution in [1.29, 1.82) is 0 Å². The smallest absolute Gasteiger partial charge is 0.0896 e. The Morgan fingerprint density at radius 3 is 1.39 bits per heavy atom. The Balaban J connectivity index is 1.33. The van der Waals surface area contributed by atoms with Gasteiger partial charge in [-0.2, -0.15) is 0 Å².